The van der Waals surface area contributed by atoms with Crippen molar-refractivity contribution < 1.29 is 26.7 Å². The van der Waals surface area contributed by atoms with Crippen LogP contribution in [0.4, 0.5) is 22.0 Å². The molecule has 1 N–H and O–H groups in total. The van der Waals surface area contributed by atoms with Gasteiger partial charge in [0.25, 0.3) is 0 Å². The fraction of sp³-hybridized carbons (Fsp3) is 0. The second-order valence-corrected chi connectivity index (χ2v) is 3.71. The molecule has 20 heavy (non-hydrogen) atoms. The third-order valence-corrected chi connectivity index (χ3v) is 2.55. The summed E-state index contributed by atoms with van der Waals surface area (Å²) in [5.74, 6) is -10.8. The second kappa shape index (κ2) is 4.87. The van der Waals surface area contributed by atoms with Crippen molar-refractivity contribution in [1.82, 2.24) is 4.98 Å². The Morgan fingerprint density at radius 2 is 1.35 bits per heavy atom. The van der Waals surface area contributed by atoms with E-state index in [1.54, 1.807) is 0 Å². The number of aromatic nitrogens is 1. The Bertz CT molecular complexity index is 740. The molecular weight excluding hydrogens is 285 g/mol. The van der Waals surface area contributed by atoms with E-state index in [2.05, 4.69) is 0 Å². The molecule has 0 saturated carbocycles. The Hall–Kier alpha value is -2.51. The van der Waals surface area contributed by atoms with Gasteiger partial charge in [-0.05, 0) is 6.07 Å². The van der Waals surface area contributed by atoms with E-state index < -0.39 is 51.5 Å². The molecule has 2 aromatic rings. The van der Waals surface area contributed by atoms with E-state index in [4.69, 9.17) is 0 Å². The summed E-state index contributed by atoms with van der Waals surface area (Å²) in [4.78, 5) is 23.7. The topological polar surface area (TPSA) is 49.9 Å². The van der Waals surface area contributed by atoms with E-state index in [1.165, 1.54) is 0 Å². The fourth-order valence-corrected chi connectivity index (χ4v) is 1.64. The second-order valence-electron chi connectivity index (χ2n) is 3.71. The standard InChI is InChI=1S/C12H4F5NO2/c13-8-7(9(14)11(16)12(17)10(8)15)4-1-2-6(20)18-5(4)3-19/h1-3H,(H,18,20). The van der Waals surface area contributed by atoms with Gasteiger partial charge in [-0.25, -0.2) is 22.0 Å². The number of aldehydes is 1. The lowest BCUT2D eigenvalue weighted by molar-refractivity contribution is 0.111. The molecule has 1 aromatic heterocycles. The summed E-state index contributed by atoms with van der Waals surface area (Å²) in [6.07, 6.45) is 0.0365. The van der Waals surface area contributed by atoms with Crippen LogP contribution in [0.1, 0.15) is 10.5 Å². The molecule has 0 atom stereocenters. The Labute approximate surface area is 107 Å². The number of pyridine rings is 1. The van der Waals surface area contributed by atoms with E-state index in [-0.39, 0.29) is 6.29 Å². The molecule has 2 rings (SSSR count). The van der Waals surface area contributed by atoms with Crippen molar-refractivity contribution in [1.29, 1.82) is 0 Å². The van der Waals surface area contributed by atoms with Gasteiger partial charge in [-0.3, -0.25) is 9.59 Å². The quantitative estimate of drug-likeness (QED) is 0.400. The lowest BCUT2D eigenvalue weighted by atomic mass is 10.0. The van der Waals surface area contributed by atoms with Gasteiger partial charge in [0.15, 0.2) is 29.6 Å². The number of hydrogen-bond acceptors (Lipinski definition) is 2. The van der Waals surface area contributed by atoms with Crippen molar-refractivity contribution >= 4 is 6.29 Å². The van der Waals surface area contributed by atoms with E-state index in [9.17, 15) is 31.5 Å². The normalized spacial score (nSPS) is 10.7. The number of carbonyl (C=O) groups is 1. The maximum Gasteiger partial charge on any atom is 0.248 e. The highest BCUT2D eigenvalue weighted by molar-refractivity contribution is 5.85. The highest BCUT2D eigenvalue weighted by Gasteiger charge is 2.27. The predicted molar refractivity (Wildman–Crippen MR) is 57.7 cm³/mol. The van der Waals surface area contributed by atoms with Crippen molar-refractivity contribution in [3.8, 4) is 11.1 Å². The summed E-state index contributed by atoms with van der Waals surface area (Å²) < 4.78 is 66.2. The van der Waals surface area contributed by atoms with E-state index in [0.717, 1.165) is 12.1 Å². The van der Waals surface area contributed by atoms with Gasteiger partial charge in [0.2, 0.25) is 11.4 Å². The van der Waals surface area contributed by atoms with Crippen molar-refractivity contribution in [3.63, 3.8) is 0 Å². The minimum Gasteiger partial charge on any atom is -0.319 e. The molecule has 3 nitrogen and oxygen atoms in total. The molecule has 1 aromatic carbocycles. The molecule has 0 unspecified atom stereocenters. The Morgan fingerprint density at radius 1 is 0.850 bits per heavy atom. The largest absolute Gasteiger partial charge is 0.319 e. The average Bonchev–Trinajstić information content (AvgIpc) is 2.44. The molecular formula is C12H4F5NO2. The monoisotopic (exact) mass is 289 g/mol. The maximum atomic E-state index is 13.6. The Morgan fingerprint density at radius 3 is 1.85 bits per heavy atom. The smallest absolute Gasteiger partial charge is 0.248 e. The Balaban J connectivity index is 2.90. The molecule has 0 amide bonds. The maximum absolute atomic E-state index is 13.6. The highest BCUT2D eigenvalue weighted by Crippen LogP contribution is 2.31. The van der Waals surface area contributed by atoms with Crippen LogP contribution in [0.5, 0.6) is 0 Å². The van der Waals surface area contributed by atoms with Crippen molar-refractivity contribution in [2.45, 2.75) is 0 Å². The predicted octanol–water partition coefficient (Wildman–Crippen LogP) is 2.55. The van der Waals surface area contributed by atoms with Crippen molar-refractivity contribution in [2.24, 2.45) is 0 Å². The van der Waals surface area contributed by atoms with E-state index >= 15 is 0 Å². The van der Waals surface area contributed by atoms with E-state index in [1.807, 2.05) is 4.98 Å². The lowest BCUT2D eigenvalue weighted by Crippen LogP contribution is -2.11. The number of carbonyl (C=O) groups excluding carboxylic acids is 1. The van der Waals surface area contributed by atoms with Gasteiger partial charge in [0, 0.05) is 11.6 Å². The minimum absolute atomic E-state index is 0.0365. The third-order valence-electron chi connectivity index (χ3n) is 2.55. The van der Waals surface area contributed by atoms with Gasteiger partial charge < -0.3 is 4.98 Å². The van der Waals surface area contributed by atoms with Crippen molar-refractivity contribution in [2.75, 3.05) is 0 Å². The van der Waals surface area contributed by atoms with Crippen LogP contribution in [0, 0.1) is 29.1 Å². The van der Waals surface area contributed by atoms with Crippen LogP contribution in [0.15, 0.2) is 16.9 Å². The van der Waals surface area contributed by atoms with Gasteiger partial charge in [-0.2, -0.15) is 0 Å². The fourth-order valence-electron chi connectivity index (χ4n) is 1.64. The Kier molecular flexibility index (Phi) is 3.39. The summed E-state index contributed by atoms with van der Waals surface area (Å²) in [5, 5.41) is 0. The van der Waals surface area contributed by atoms with Crippen LogP contribution in [0.25, 0.3) is 11.1 Å². The zero-order valence-corrected chi connectivity index (χ0v) is 9.44. The summed E-state index contributed by atoms with van der Waals surface area (Å²) in [5.41, 5.74) is -3.24. The summed E-state index contributed by atoms with van der Waals surface area (Å²) >= 11 is 0. The average molecular weight is 289 g/mol. The number of benzene rings is 1. The number of halogens is 5. The van der Waals surface area contributed by atoms with Crippen LogP contribution in [0.3, 0.4) is 0 Å². The molecule has 0 aliphatic carbocycles. The highest BCUT2D eigenvalue weighted by atomic mass is 19.2. The van der Waals surface area contributed by atoms with Gasteiger partial charge >= 0.3 is 0 Å². The van der Waals surface area contributed by atoms with Gasteiger partial charge in [0.1, 0.15) is 0 Å². The molecule has 0 radical (unpaired) electrons. The molecule has 1 heterocycles. The minimum atomic E-state index is -2.30. The lowest BCUT2D eigenvalue weighted by Gasteiger charge is -2.09. The van der Waals surface area contributed by atoms with Crippen LogP contribution < -0.4 is 5.56 Å². The molecule has 0 aliphatic heterocycles. The third kappa shape index (κ3) is 1.98. The van der Waals surface area contributed by atoms with Crippen LogP contribution in [0.2, 0.25) is 0 Å². The van der Waals surface area contributed by atoms with E-state index in [0.29, 0.717) is 0 Å². The number of aromatic amines is 1. The van der Waals surface area contributed by atoms with Crippen LogP contribution in [-0.4, -0.2) is 11.3 Å². The number of H-pyrrole nitrogens is 1. The number of hydrogen-bond donors (Lipinski definition) is 1. The van der Waals surface area contributed by atoms with Crippen molar-refractivity contribution in [3.05, 3.63) is 57.3 Å². The summed E-state index contributed by atoms with van der Waals surface area (Å²) in [6.45, 7) is 0. The van der Waals surface area contributed by atoms with Crippen LogP contribution >= 0.6 is 0 Å². The first-order valence-electron chi connectivity index (χ1n) is 5.08. The first-order chi connectivity index (χ1) is 9.38. The zero-order chi connectivity index (χ0) is 15.0. The van der Waals surface area contributed by atoms with Gasteiger partial charge in [-0.15, -0.1) is 0 Å². The molecule has 0 fully saturated rings. The molecule has 0 spiro atoms. The zero-order valence-electron chi connectivity index (χ0n) is 9.44. The van der Waals surface area contributed by atoms with Crippen LogP contribution in [-0.2, 0) is 0 Å². The first-order valence-corrected chi connectivity index (χ1v) is 5.08. The molecule has 104 valence electrons. The molecule has 0 aliphatic rings. The molecule has 0 saturated heterocycles. The molecule has 8 heteroatoms. The first kappa shape index (κ1) is 13.9. The SMILES string of the molecule is O=Cc1[nH]c(=O)ccc1-c1c(F)c(F)c(F)c(F)c1F. The summed E-state index contributed by atoms with van der Waals surface area (Å²) in [7, 11) is 0. The molecule has 0 bridgehead atoms. The summed E-state index contributed by atoms with van der Waals surface area (Å²) in [6, 6.07) is 1.58. The van der Waals surface area contributed by atoms with Gasteiger partial charge in [-0.1, -0.05) is 0 Å². The van der Waals surface area contributed by atoms with Gasteiger partial charge in [0.05, 0.1) is 11.3 Å². The number of rotatable bonds is 2. The number of nitrogens with one attached hydrogen (secondary N) is 1.